The average Bonchev–Trinajstić information content (AvgIpc) is 2.49. The zero-order valence-electron chi connectivity index (χ0n) is 11.6. The van der Waals surface area contributed by atoms with E-state index in [9.17, 15) is 4.79 Å². The van der Waals surface area contributed by atoms with E-state index in [-0.39, 0.29) is 5.91 Å². The number of nitrogens with two attached hydrogens (primary N) is 1. The quantitative estimate of drug-likeness (QED) is 0.806. The Morgan fingerprint density at radius 3 is 2.80 bits per heavy atom. The fourth-order valence-electron chi connectivity index (χ4n) is 2.71. The third-order valence-electron chi connectivity index (χ3n) is 3.87. The van der Waals surface area contributed by atoms with Gasteiger partial charge in [-0.15, -0.1) is 0 Å². The van der Waals surface area contributed by atoms with Crippen molar-refractivity contribution in [2.75, 3.05) is 17.2 Å². The molecule has 2 aromatic carbocycles. The summed E-state index contributed by atoms with van der Waals surface area (Å²) in [5.74, 6) is 0.0558. The van der Waals surface area contributed by atoms with Gasteiger partial charge in [0.25, 0.3) is 5.91 Å². The van der Waals surface area contributed by atoms with Crippen LogP contribution in [-0.2, 0) is 6.42 Å². The van der Waals surface area contributed by atoms with Crippen LogP contribution in [0.25, 0.3) is 0 Å². The number of amides is 1. The Bertz CT molecular complexity index is 664. The van der Waals surface area contributed by atoms with E-state index in [1.807, 2.05) is 42.2 Å². The van der Waals surface area contributed by atoms with Gasteiger partial charge in [0, 0.05) is 23.5 Å². The van der Waals surface area contributed by atoms with Gasteiger partial charge in [0.1, 0.15) is 0 Å². The SMILES string of the molecule is Cc1cc(C(=O)N2CCCc3ccccc32)ccc1N. The van der Waals surface area contributed by atoms with Crippen LogP contribution in [0.5, 0.6) is 0 Å². The number of nitrogens with zero attached hydrogens (tertiary/aromatic N) is 1. The fourth-order valence-corrected chi connectivity index (χ4v) is 2.71. The molecular weight excluding hydrogens is 248 g/mol. The number of fused-ring (bicyclic) bond motifs is 1. The number of carbonyl (C=O) groups excluding carboxylic acids is 1. The minimum Gasteiger partial charge on any atom is -0.399 e. The number of anilines is 2. The van der Waals surface area contributed by atoms with E-state index in [0.717, 1.165) is 36.3 Å². The Morgan fingerprint density at radius 2 is 2.00 bits per heavy atom. The van der Waals surface area contributed by atoms with Crippen LogP contribution < -0.4 is 10.6 Å². The second-order valence-electron chi connectivity index (χ2n) is 5.26. The first kappa shape index (κ1) is 12.7. The number of para-hydroxylation sites is 1. The molecular formula is C17H18N2O. The van der Waals surface area contributed by atoms with Crippen molar-refractivity contribution in [3.8, 4) is 0 Å². The average molecular weight is 266 g/mol. The fraction of sp³-hybridized carbons (Fsp3) is 0.235. The van der Waals surface area contributed by atoms with Crippen LogP contribution in [0.15, 0.2) is 42.5 Å². The highest BCUT2D eigenvalue weighted by atomic mass is 16.2. The summed E-state index contributed by atoms with van der Waals surface area (Å²) in [4.78, 5) is 14.6. The lowest BCUT2D eigenvalue weighted by Crippen LogP contribution is -2.35. The molecule has 0 fully saturated rings. The lowest BCUT2D eigenvalue weighted by molar-refractivity contribution is 0.0985. The molecule has 0 spiro atoms. The molecule has 3 rings (SSSR count). The molecule has 20 heavy (non-hydrogen) atoms. The molecule has 1 aliphatic rings. The van der Waals surface area contributed by atoms with Gasteiger partial charge in [0.05, 0.1) is 0 Å². The van der Waals surface area contributed by atoms with Crippen molar-refractivity contribution < 1.29 is 4.79 Å². The second-order valence-corrected chi connectivity index (χ2v) is 5.26. The third kappa shape index (κ3) is 2.16. The highest BCUT2D eigenvalue weighted by molar-refractivity contribution is 6.07. The van der Waals surface area contributed by atoms with Crippen LogP contribution in [0, 0.1) is 6.92 Å². The minimum absolute atomic E-state index is 0.0558. The molecule has 0 saturated heterocycles. The molecule has 1 amide bonds. The van der Waals surface area contributed by atoms with Gasteiger partial charge in [-0.25, -0.2) is 0 Å². The van der Waals surface area contributed by atoms with Crippen LogP contribution >= 0.6 is 0 Å². The number of nitrogen functional groups attached to an aromatic ring is 1. The summed E-state index contributed by atoms with van der Waals surface area (Å²) in [6.07, 6.45) is 2.05. The topological polar surface area (TPSA) is 46.3 Å². The maximum Gasteiger partial charge on any atom is 0.258 e. The summed E-state index contributed by atoms with van der Waals surface area (Å²) in [6, 6.07) is 13.6. The molecule has 0 saturated carbocycles. The highest BCUT2D eigenvalue weighted by Gasteiger charge is 2.23. The van der Waals surface area contributed by atoms with Gasteiger partial charge in [-0.3, -0.25) is 4.79 Å². The Balaban J connectivity index is 1.97. The van der Waals surface area contributed by atoms with Crippen molar-refractivity contribution in [1.29, 1.82) is 0 Å². The molecule has 3 nitrogen and oxygen atoms in total. The van der Waals surface area contributed by atoms with E-state index in [1.54, 1.807) is 6.07 Å². The molecule has 1 heterocycles. The lowest BCUT2D eigenvalue weighted by Gasteiger charge is -2.29. The molecule has 0 bridgehead atoms. The second kappa shape index (κ2) is 5.00. The predicted molar refractivity (Wildman–Crippen MR) is 82.0 cm³/mol. The smallest absolute Gasteiger partial charge is 0.258 e. The normalized spacial score (nSPS) is 13.9. The summed E-state index contributed by atoms with van der Waals surface area (Å²) in [5.41, 5.74) is 10.5. The van der Waals surface area contributed by atoms with E-state index >= 15 is 0 Å². The van der Waals surface area contributed by atoms with Gasteiger partial charge >= 0.3 is 0 Å². The van der Waals surface area contributed by atoms with E-state index in [4.69, 9.17) is 5.73 Å². The molecule has 0 atom stereocenters. The van der Waals surface area contributed by atoms with Crippen molar-refractivity contribution >= 4 is 17.3 Å². The summed E-state index contributed by atoms with van der Waals surface area (Å²) < 4.78 is 0. The standard InChI is InChI=1S/C17H18N2O/c1-12-11-14(8-9-15(12)18)17(20)19-10-4-6-13-5-2-3-7-16(13)19/h2-3,5,7-9,11H,4,6,10,18H2,1H3. The Hall–Kier alpha value is -2.29. The van der Waals surface area contributed by atoms with Crippen molar-refractivity contribution in [3.63, 3.8) is 0 Å². The van der Waals surface area contributed by atoms with Crippen LogP contribution in [0.2, 0.25) is 0 Å². The van der Waals surface area contributed by atoms with Crippen molar-refractivity contribution in [3.05, 3.63) is 59.2 Å². The molecule has 0 unspecified atom stereocenters. The van der Waals surface area contributed by atoms with Crippen LogP contribution in [0.3, 0.4) is 0 Å². The van der Waals surface area contributed by atoms with E-state index in [0.29, 0.717) is 5.56 Å². The Morgan fingerprint density at radius 1 is 1.20 bits per heavy atom. The zero-order chi connectivity index (χ0) is 14.1. The molecule has 2 aromatic rings. The zero-order valence-corrected chi connectivity index (χ0v) is 11.6. The van der Waals surface area contributed by atoms with Gasteiger partial charge < -0.3 is 10.6 Å². The highest BCUT2D eigenvalue weighted by Crippen LogP contribution is 2.28. The molecule has 0 aliphatic carbocycles. The Labute approximate surface area is 119 Å². The third-order valence-corrected chi connectivity index (χ3v) is 3.87. The number of benzene rings is 2. The molecule has 1 aliphatic heterocycles. The van der Waals surface area contributed by atoms with Crippen molar-refractivity contribution in [1.82, 2.24) is 0 Å². The number of hydrogen-bond acceptors (Lipinski definition) is 2. The van der Waals surface area contributed by atoms with Gasteiger partial charge in [0.2, 0.25) is 0 Å². The molecule has 102 valence electrons. The summed E-state index contributed by atoms with van der Waals surface area (Å²) in [6.45, 7) is 2.70. The Kier molecular flexibility index (Phi) is 3.18. The van der Waals surface area contributed by atoms with Crippen molar-refractivity contribution in [2.24, 2.45) is 0 Å². The van der Waals surface area contributed by atoms with Crippen LogP contribution in [0.1, 0.15) is 27.9 Å². The maximum absolute atomic E-state index is 12.7. The first-order valence-electron chi connectivity index (χ1n) is 6.93. The molecule has 2 N–H and O–H groups in total. The largest absolute Gasteiger partial charge is 0.399 e. The lowest BCUT2D eigenvalue weighted by atomic mass is 10.0. The maximum atomic E-state index is 12.7. The number of aryl methyl sites for hydroxylation is 2. The summed E-state index contributed by atoms with van der Waals surface area (Å²) >= 11 is 0. The van der Waals surface area contributed by atoms with Gasteiger partial charge in [-0.2, -0.15) is 0 Å². The molecule has 0 radical (unpaired) electrons. The van der Waals surface area contributed by atoms with Gasteiger partial charge in [0.15, 0.2) is 0 Å². The van der Waals surface area contributed by atoms with Crippen LogP contribution in [0.4, 0.5) is 11.4 Å². The molecule has 3 heteroatoms. The number of carbonyl (C=O) groups is 1. The van der Waals surface area contributed by atoms with E-state index < -0.39 is 0 Å². The van der Waals surface area contributed by atoms with Gasteiger partial charge in [-0.05, 0) is 55.2 Å². The first-order valence-corrected chi connectivity index (χ1v) is 6.93. The molecule has 0 aromatic heterocycles. The van der Waals surface area contributed by atoms with E-state index in [1.165, 1.54) is 5.56 Å². The monoisotopic (exact) mass is 266 g/mol. The van der Waals surface area contributed by atoms with Crippen LogP contribution in [-0.4, -0.2) is 12.5 Å². The summed E-state index contributed by atoms with van der Waals surface area (Å²) in [5, 5.41) is 0. The summed E-state index contributed by atoms with van der Waals surface area (Å²) in [7, 11) is 0. The first-order chi connectivity index (χ1) is 9.66. The van der Waals surface area contributed by atoms with E-state index in [2.05, 4.69) is 6.07 Å². The van der Waals surface area contributed by atoms with Gasteiger partial charge in [-0.1, -0.05) is 18.2 Å². The number of hydrogen-bond donors (Lipinski definition) is 1. The predicted octanol–water partition coefficient (Wildman–Crippen LogP) is 3.17. The minimum atomic E-state index is 0.0558. The number of rotatable bonds is 1. The van der Waals surface area contributed by atoms with Crippen molar-refractivity contribution in [2.45, 2.75) is 19.8 Å².